The van der Waals surface area contributed by atoms with Gasteiger partial charge in [0.2, 0.25) is 0 Å². The van der Waals surface area contributed by atoms with Crippen molar-refractivity contribution in [2.75, 3.05) is 13.2 Å². The maximum atomic E-state index is 11.2. The van der Waals surface area contributed by atoms with Crippen molar-refractivity contribution in [3.05, 3.63) is 23.3 Å². The van der Waals surface area contributed by atoms with Crippen molar-refractivity contribution in [1.29, 1.82) is 0 Å². The molecule has 0 bridgehead atoms. The first-order valence-corrected chi connectivity index (χ1v) is 7.50. The van der Waals surface area contributed by atoms with Crippen LogP contribution in [0.4, 0.5) is 4.79 Å². The highest BCUT2D eigenvalue weighted by atomic mass is 16.7. The summed E-state index contributed by atoms with van der Waals surface area (Å²) >= 11 is 0. The summed E-state index contributed by atoms with van der Waals surface area (Å²) in [7, 11) is 0. The molecular weight excluding hydrogens is 252 g/mol. The van der Waals surface area contributed by atoms with Gasteiger partial charge >= 0.3 is 6.16 Å². The first-order valence-electron chi connectivity index (χ1n) is 7.50. The van der Waals surface area contributed by atoms with Gasteiger partial charge in [0.05, 0.1) is 13.2 Å². The van der Waals surface area contributed by atoms with Crippen LogP contribution in [0.2, 0.25) is 0 Å². The van der Waals surface area contributed by atoms with Crippen molar-refractivity contribution in [3.8, 4) is 0 Å². The molecule has 0 N–H and O–H groups in total. The zero-order valence-corrected chi connectivity index (χ0v) is 13.7. The van der Waals surface area contributed by atoms with Crippen molar-refractivity contribution in [2.45, 2.75) is 60.3 Å². The molecule has 3 nitrogen and oxygen atoms in total. The Balaban J connectivity index is 3.59. The van der Waals surface area contributed by atoms with Gasteiger partial charge in [-0.1, -0.05) is 37.1 Å². The first-order chi connectivity index (χ1) is 9.41. The topological polar surface area (TPSA) is 35.5 Å². The monoisotopic (exact) mass is 282 g/mol. The third-order valence-electron chi connectivity index (χ3n) is 2.69. The Kier molecular flexibility index (Phi) is 10.8. The number of carbonyl (C=O) groups excluding carboxylic acids is 1. The maximum absolute atomic E-state index is 11.2. The van der Waals surface area contributed by atoms with Crippen LogP contribution in [-0.4, -0.2) is 19.4 Å². The number of hydrogen-bond donors (Lipinski definition) is 0. The van der Waals surface area contributed by atoms with E-state index in [-0.39, 0.29) is 0 Å². The van der Waals surface area contributed by atoms with Gasteiger partial charge in [0, 0.05) is 0 Å². The number of ether oxygens (including phenoxy) is 2. The summed E-state index contributed by atoms with van der Waals surface area (Å²) in [6.45, 7) is 11.2. The van der Waals surface area contributed by atoms with Crippen LogP contribution in [0.1, 0.15) is 60.3 Å². The molecule has 0 aliphatic heterocycles. The number of carbonyl (C=O) groups is 1. The Hall–Kier alpha value is -1.25. The van der Waals surface area contributed by atoms with E-state index in [1.54, 1.807) is 0 Å². The summed E-state index contributed by atoms with van der Waals surface area (Å²) in [5.41, 5.74) is 2.76. The first kappa shape index (κ1) is 18.8. The SMILES string of the molecule is CC(C)=CCC/C(C)=C/CCCOC(=O)OCC(C)C. The van der Waals surface area contributed by atoms with E-state index >= 15 is 0 Å². The normalized spacial score (nSPS) is 11.4. The van der Waals surface area contributed by atoms with Gasteiger partial charge in [-0.2, -0.15) is 0 Å². The van der Waals surface area contributed by atoms with Gasteiger partial charge in [-0.05, 0) is 52.4 Å². The smallest absolute Gasteiger partial charge is 0.434 e. The Labute approximate surface area is 124 Å². The van der Waals surface area contributed by atoms with Crippen molar-refractivity contribution >= 4 is 6.16 Å². The fourth-order valence-electron chi connectivity index (χ4n) is 1.55. The summed E-state index contributed by atoms with van der Waals surface area (Å²) in [5.74, 6) is 0.342. The average Bonchev–Trinajstić information content (AvgIpc) is 2.35. The quantitative estimate of drug-likeness (QED) is 0.328. The molecule has 0 fully saturated rings. The van der Waals surface area contributed by atoms with E-state index < -0.39 is 6.16 Å². The molecule has 0 saturated carbocycles. The second-order valence-electron chi connectivity index (χ2n) is 5.82. The van der Waals surface area contributed by atoms with E-state index in [9.17, 15) is 4.79 Å². The second kappa shape index (κ2) is 11.6. The molecule has 0 saturated heterocycles. The minimum absolute atomic E-state index is 0.342. The molecule has 0 spiro atoms. The summed E-state index contributed by atoms with van der Waals surface area (Å²) in [4.78, 5) is 11.2. The molecule has 0 amide bonds. The summed E-state index contributed by atoms with van der Waals surface area (Å²) < 4.78 is 9.91. The Bertz CT molecular complexity index is 323. The predicted molar refractivity (Wildman–Crippen MR) is 83.8 cm³/mol. The highest BCUT2D eigenvalue weighted by Gasteiger charge is 2.04. The Morgan fingerprint density at radius 3 is 2.35 bits per heavy atom. The van der Waals surface area contributed by atoms with Crippen molar-refractivity contribution in [1.82, 2.24) is 0 Å². The van der Waals surface area contributed by atoms with Gasteiger partial charge in [-0.15, -0.1) is 0 Å². The number of allylic oxidation sites excluding steroid dienone is 4. The van der Waals surface area contributed by atoms with Crippen LogP contribution in [0.25, 0.3) is 0 Å². The van der Waals surface area contributed by atoms with Gasteiger partial charge in [0.25, 0.3) is 0 Å². The van der Waals surface area contributed by atoms with Crippen LogP contribution in [-0.2, 0) is 9.47 Å². The molecule has 3 heteroatoms. The van der Waals surface area contributed by atoms with Gasteiger partial charge < -0.3 is 9.47 Å². The standard InChI is InChI=1S/C17H30O3/c1-14(2)9-8-11-16(5)10-6-7-12-19-17(18)20-13-15(3)4/h9-10,15H,6-8,11-13H2,1-5H3/b16-10+. The lowest BCUT2D eigenvalue weighted by atomic mass is 10.1. The highest BCUT2D eigenvalue weighted by molar-refractivity contribution is 5.59. The van der Waals surface area contributed by atoms with Crippen LogP contribution >= 0.6 is 0 Å². The molecule has 0 rings (SSSR count). The lowest BCUT2D eigenvalue weighted by Gasteiger charge is -2.07. The van der Waals surface area contributed by atoms with E-state index in [2.05, 4.69) is 32.9 Å². The molecule has 0 unspecified atom stereocenters. The Morgan fingerprint density at radius 2 is 1.75 bits per heavy atom. The number of unbranched alkanes of at least 4 members (excludes halogenated alkanes) is 1. The van der Waals surface area contributed by atoms with Crippen molar-refractivity contribution in [2.24, 2.45) is 5.92 Å². The molecule has 0 aliphatic rings. The maximum Gasteiger partial charge on any atom is 0.508 e. The zero-order chi connectivity index (χ0) is 15.4. The minimum atomic E-state index is -0.553. The Morgan fingerprint density at radius 1 is 1.05 bits per heavy atom. The summed E-state index contributed by atoms with van der Waals surface area (Å²) in [6.07, 6.45) is 7.91. The lowest BCUT2D eigenvalue weighted by Crippen LogP contribution is -2.12. The number of rotatable bonds is 9. The van der Waals surface area contributed by atoms with E-state index in [0.717, 1.165) is 25.7 Å². The minimum Gasteiger partial charge on any atom is -0.434 e. The molecule has 0 aliphatic carbocycles. The van der Waals surface area contributed by atoms with E-state index in [1.165, 1.54) is 11.1 Å². The molecule has 0 atom stereocenters. The van der Waals surface area contributed by atoms with Gasteiger partial charge in [-0.3, -0.25) is 0 Å². The predicted octanol–water partition coefficient (Wildman–Crippen LogP) is 5.27. The molecule has 0 radical (unpaired) electrons. The van der Waals surface area contributed by atoms with E-state index in [4.69, 9.17) is 9.47 Å². The highest BCUT2D eigenvalue weighted by Crippen LogP contribution is 2.08. The van der Waals surface area contributed by atoms with E-state index in [0.29, 0.717) is 19.1 Å². The fraction of sp³-hybridized carbons (Fsp3) is 0.706. The molecule has 0 heterocycles. The fourth-order valence-corrected chi connectivity index (χ4v) is 1.55. The third kappa shape index (κ3) is 13.2. The van der Waals surface area contributed by atoms with Crippen LogP contribution in [0.3, 0.4) is 0 Å². The molecule has 0 aromatic heterocycles. The van der Waals surface area contributed by atoms with Gasteiger partial charge in [0.1, 0.15) is 0 Å². The van der Waals surface area contributed by atoms with E-state index in [1.807, 2.05) is 13.8 Å². The second-order valence-corrected chi connectivity index (χ2v) is 5.82. The van der Waals surface area contributed by atoms with Crippen LogP contribution in [0.5, 0.6) is 0 Å². The molecular formula is C17H30O3. The molecule has 20 heavy (non-hydrogen) atoms. The van der Waals surface area contributed by atoms with Crippen LogP contribution in [0, 0.1) is 5.92 Å². The molecule has 0 aromatic rings. The lowest BCUT2D eigenvalue weighted by molar-refractivity contribution is 0.0470. The third-order valence-corrected chi connectivity index (χ3v) is 2.69. The van der Waals surface area contributed by atoms with Crippen molar-refractivity contribution < 1.29 is 14.3 Å². The molecule has 116 valence electrons. The number of hydrogen-bond acceptors (Lipinski definition) is 3. The molecule has 0 aromatic carbocycles. The summed E-state index contributed by atoms with van der Waals surface area (Å²) in [5, 5.41) is 0. The van der Waals surface area contributed by atoms with Gasteiger partial charge in [-0.25, -0.2) is 4.79 Å². The zero-order valence-electron chi connectivity index (χ0n) is 13.7. The average molecular weight is 282 g/mol. The summed E-state index contributed by atoms with van der Waals surface area (Å²) in [6, 6.07) is 0. The van der Waals surface area contributed by atoms with Crippen molar-refractivity contribution in [3.63, 3.8) is 0 Å². The van der Waals surface area contributed by atoms with Gasteiger partial charge in [0.15, 0.2) is 0 Å². The largest absolute Gasteiger partial charge is 0.508 e. The van der Waals surface area contributed by atoms with Crippen LogP contribution < -0.4 is 0 Å². The van der Waals surface area contributed by atoms with Crippen LogP contribution in [0.15, 0.2) is 23.3 Å².